The molecule has 0 unspecified atom stereocenters. The number of halogens is 2. The minimum absolute atomic E-state index is 0.118. The van der Waals surface area contributed by atoms with Crippen molar-refractivity contribution < 1.29 is 14.6 Å². The number of benzene rings is 4. The van der Waals surface area contributed by atoms with Crippen LogP contribution in [-0.4, -0.2) is 21.4 Å². The second kappa shape index (κ2) is 8.12. The van der Waals surface area contributed by atoms with Crippen LogP contribution in [0.15, 0.2) is 76.1 Å². The van der Waals surface area contributed by atoms with Crippen molar-refractivity contribution >= 4 is 79.0 Å². The van der Waals surface area contributed by atoms with Crippen LogP contribution < -0.4 is 0 Å². The number of phenols is 2. The predicted molar refractivity (Wildman–Crippen MR) is 139 cm³/mol. The first-order valence-corrected chi connectivity index (χ1v) is 11.5. The van der Waals surface area contributed by atoms with Crippen LogP contribution in [-0.2, 0) is 0 Å². The van der Waals surface area contributed by atoms with E-state index >= 15 is 0 Å². The molecule has 4 aromatic carbocycles. The van der Waals surface area contributed by atoms with E-state index in [1.54, 1.807) is 18.3 Å². The summed E-state index contributed by atoms with van der Waals surface area (Å²) in [6, 6.07) is 20.6. The molecule has 5 rings (SSSR count). The van der Waals surface area contributed by atoms with Crippen molar-refractivity contribution in [2.75, 3.05) is 0 Å². The normalized spacial score (nSPS) is 11.7. The monoisotopic (exact) mass is 632 g/mol. The van der Waals surface area contributed by atoms with Crippen LogP contribution in [0.5, 0.6) is 11.5 Å². The molecule has 152 valence electrons. The zero-order valence-electron chi connectivity index (χ0n) is 15.9. The van der Waals surface area contributed by atoms with Gasteiger partial charge in [-0.3, -0.25) is 4.99 Å². The zero-order valence-corrected chi connectivity index (χ0v) is 20.2. The van der Waals surface area contributed by atoms with E-state index in [4.69, 9.17) is 4.42 Å². The van der Waals surface area contributed by atoms with E-state index < -0.39 is 0 Å². The Balaban J connectivity index is 1.52. The molecule has 0 amide bonds. The second-order valence-corrected chi connectivity index (χ2v) is 9.38. The molecule has 0 saturated heterocycles. The highest BCUT2D eigenvalue weighted by Crippen LogP contribution is 2.35. The lowest BCUT2D eigenvalue weighted by molar-refractivity contribution is 0.470. The van der Waals surface area contributed by atoms with Crippen LogP contribution in [0.1, 0.15) is 5.56 Å². The van der Waals surface area contributed by atoms with Gasteiger partial charge in [-0.05, 0) is 98.4 Å². The van der Waals surface area contributed by atoms with Crippen molar-refractivity contribution in [1.82, 2.24) is 4.98 Å². The maximum absolute atomic E-state index is 10.5. The van der Waals surface area contributed by atoms with Gasteiger partial charge in [-0.2, -0.15) is 0 Å². The third-order valence-electron chi connectivity index (χ3n) is 4.88. The van der Waals surface area contributed by atoms with E-state index in [2.05, 4.69) is 55.2 Å². The highest BCUT2D eigenvalue weighted by molar-refractivity contribution is 14.1. The van der Waals surface area contributed by atoms with Crippen molar-refractivity contribution in [3.63, 3.8) is 0 Å². The van der Waals surface area contributed by atoms with Gasteiger partial charge < -0.3 is 14.6 Å². The number of aromatic nitrogens is 1. The van der Waals surface area contributed by atoms with E-state index in [1.165, 1.54) is 0 Å². The molecule has 1 heterocycles. The summed E-state index contributed by atoms with van der Waals surface area (Å²) in [6.07, 6.45) is 1.64. The van der Waals surface area contributed by atoms with Gasteiger partial charge in [0.2, 0.25) is 5.89 Å². The summed E-state index contributed by atoms with van der Waals surface area (Å²) >= 11 is 4.31. The quantitative estimate of drug-likeness (QED) is 0.166. The largest absolute Gasteiger partial charge is 0.507 e. The highest BCUT2D eigenvalue weighted by atomic mass is 127. The zero-order chi connectivity index (χ0) is 21.5. The van der Waals surface area contributed by atoms with Gasteiger partial charge in [-0.15, -0.1) is 0 Å². The molecule has 5 nitrogen and oxygen atoms in total. The lowest BCUT2D eigenvalue weighted by Gasteiger charge is -2.03. The summed E-state index contributed by atoms with van der Waals surface area (Å²) in [5.41, 5.74) is 3.12. The number of hydrogen-bond donors (Lipinski definition) is 2. The molecule has 5 aromatic rings. The second-order valence-electron chi connectivity index (χ2n) is 6.97. The molecular formula is C24H14I2N2O3. The Morgan fingerprint density at radius 1 is 0.903 bits per heavy atom. The summed E-state index contributed by atoms with van der Waals surface area (Å²) in [4.78, 5) is 9.05. The van der Waals surface area contributed by atoms with E-state index in [0.717, 1.165) is 17.9 Å². The lowest BCUT2D eigenvalue weighted by atomic mass is 10.1. The summed E-state index contributed by atoms with van der Waals surface area (Å²) in [5, 5.41) is 22.7. The number of aliphatic imine (C=N–C) groups is 1. The van der Waals surface area contributed by atoms with Crippen molar-refractivity contribution in [1.29, 1.82) is 0 Å². The van der Waals surface area contributed by atoms with Gasteiger partial charge in [-0.1, -0.05) is 24.3 Å². The van der Waals surface area contributed by atoms with Crippen molar-refractivity contribution in [3.8, 4) is 23.0 Å². The highest BCUT2D eigenvalue weighted by Gasteiger charge is 2.14. The first-order valence-electron chi connectivity index (χ1n) is 9.33. The molecular weight excluding hydrogens is 618 g/mol. The number of phenolic OH excluding ortho intramolecular Hbond substituents is 2. The fraction of sp³-hybridized carbons (Fsp3) is 0. The number of hydrogen-bond acceptors (Lipinski definition) is 5. The number of aromatic hydroxyl groups is 2. The molecule has 0 aliphatic rings. The van der Waals surface area contributed by atoms with Crippen molar-refractivity contribution in [2.45, 2.75) is 0 Å². The standard InChI is InChI=1S/C24H14I2N2O3/c25-16-7-15(23(30)19(26)10-16)12-27-17-5-6-22-20(11-17)28-24(31-22)18-8-13-3-1-2-4-14(13)9-21(18)29/h1-12,29-30H. The molecule has 0 aliphatic heterocycles. The molecule has 2 N–H and O–H groups in total. The number of oxazole rings is 1. The maximum Gasteiger partial charge on any atom is 0.231 e. The van der Waals surface area contributed by atoms with Gasteiger partial charge in [0.1, 0.15) is 17.0 Å². The Labute approximate surface area is 204 Å². The molecule has 0 spiro atoms. The van der Waals surface area contributed by atoms with E-state index in [1.807, 2.05) is 54.6 Å². The van der Waals surface area contributed by atoms with E-state index in [0.29, 0.717) is 33.8 Å². The van der Waals surface area contributed by atoms with Gasteiger partial charge in [0.05, 0.1) is 14.8 Å². The van der Waals surface area contributed by atoms with Crippen LogP contribution in [0, 0.1) is 7.14 Å². The number of fused-ring (bicyclic) bond motifs is 2. The van der Waals surface area contributed by atoms with Gasteiger partial charge in [0, 0.05) is 15.3 Å². The van der Waals surface area contributed by atoms with Gasteiger partial charge in [0.15, 0.2) is 5.58 Å². The minimum atomic E-state index is 0.118. The topological polar surface area (TPSA) is 78.9 Å². The molecule has 0 saturated carbocycles. The Kier molecular flexibility index (Phi) is 5.30. The average molecular weight is 632 g/mol. The molecule has 0 fully saturated rings. The van der Waals surface area contributed by atoms with E-state index in [9.17, 15) is 10.2 Å². The summed E-state index contributed by atoms with van der Waals surface area (Å²) < 4.78 is 7.68. The lowest BCUT2D eigenvalue weighted by Crippen LogP contribution is -1.87. The van der Waals surface area contributed by atoms with Crippen LogP contribution in [0.3, 0.4) is 0 Å². The van der Waals surface area contributed by atoms with Gasteiger partial charge in [-0.25, -0.2) is 4.98 Å². The number of rotatable bonds is 3. The molecule has 0 aliphatic carbocycles. The molecule has 31 heavy (non-hydrogen) atoms. The molecule has 0 bridgehead atoms. The van der Waals surface area contributed by atoms with Crippen LogP contribution >= 0.6 is 45.2 Å². The van der Waals surface area contributed by atoms with Crippen molar-refractivity contribution in [3.05, 3.63) is 79.4 Å². The fourth-order valence-corrected chi connectivity index (χ4v) is 5.23. The molecule has 7 heteroatoms. The molecule has 0 radical (unpaired) electrons. The Morgan fingerprint density at radius 2 is 1.68 bits per heavy atom. The van der Waals surface area contributed by atoms with Crippen LogP contribution in [0.2, 0.25) is 0 Å². The summed E-state index contributed by atoms with van der Waals surface area (Å²) in [6.45, 7) is 0. The minimum Gasteiger partial charge on any atom is -0.507 e. The smallest absolute Gasteiger partial charge is 0.231 e. The number of nitrogens with zero attached hydrogens (tertiary/aromatic N) is 2. The Hall–Kier alpha value is -2.66. The maximum atomic E-state index is 10.5. The average Bonchev–Trinajstić information content (AvgIpc) is 3.17. The fourth-order valence-electron chi connectivity index (χ4n) is 3.34. The first kappa shape index (κ1) is 20.3. The van der Waals surface area contributed by atoms with Crippen molar-refractivity contribution in [2.24, 2.45) is 4.99 Å². The van der Waals surface area contributed by atoms with Gasteiger partial charge >= 0.3 is 0 Å². The Bertz CT molecular complexity index is 1490. The van der Waals surface area contributed by atoms with Crippen LogP contribution in [0.25, 0.3) is 33.3 Å². The Morgan fingerprint density at radius 3 is 2.48 bits per heavy atom. The van der Waals surface area contributed by atoms with E-state index in [-0.39, 0.29) is 11.5 Å². The predicted octanol–water partition coefficient (Wildman–Crippen LogP) is 7.02. The SMILES string of the molecule is Oc1cc2ccccc2cc1-c1nc2cc(N=Cc3cc(I)cc(I)c3O)ccc2o1. The van der Waals surface area contributed by atoms with Gasteiger partial charge in [0.25, 0.3) is 0 Å². The third kappa shape index (κ3) is 3.99. The van der Waals surface area contributed by atoms with Crippen LogP contribution in [0.4, 0.5) is 5.69 Å². The third-order valence-corrected chi connectivity index (χ3v) is 6.32. The first-order chi connectivity index (χ1) is 15.0. The summed E-state index contributed by atoms with van der Waals surface area (Å²) in [7, 11) is 0. The molecule has 0 atom stereocenters. The molecule has 1 aromatic heterocycles. The summed E-state index contributed by atoms with van der Waals surface area (Å²) in [5.74, 6) is 0.679.